The van der Waals surface area contributed by atoms with Gasteiger partial charge in [-0.1, -0.05) is 0 Å². The number of benzene rings is 1. The molecule has 1 N–H and O–H groups in total. The third kappa shape index (κ3) is 3.03. The molecular formula is C15H14F2N4O. The Morgan fingerprint density at radius 2 is 1.86 bits per heavy atom. The number of amides is 1. The number of hydrogen-bond acceptors (Lipinski definition) is 4. The summed E-state index contributed by atoms with van der Waals surface area (Å²) in [5, 5.41) is 2.83. The van der Waals surface area contributed by atoms with Crippen molar-refractivity contribution in [1.29, 1.82) is 0 Å². The number of halogens is 2. The molecule has 114 valence electrons. The van der Waals surface area contributed by atoms with Crippen LogP contribution in [-0.4, -0.2) is 33.9 Å². The van der Waals surface area contributed by atoms with Crippen molar-refractivity contribution >= 4 is 17.4 Å². The number of nitrogens with one attached hydrogen (secondary N) is 1. The maximum atomic E-state index is 13.2. The van der Waals surface area contributed by atoms with Crippen molar-refractivity contribution < 1.29 is 13.6 Å². The molecule has 0 unspecified atom stereocenters. The maximum absolute atomic E-state index is 13.2. The molecule has 3 rings (SSSR count). The molecule has 1 aliphatic heterocycles. The Labute approximate surface area is 126 Å². The zero-order chi connectivity index (χ0) is 15.5. The molecule has 1 saturated heterocycles. The van der Waals surface area contributed by atoms with Crippen molar-refractivity contribution in [2.75, 3.05) is 18.4 Å². The van der Waals surface area contributed by atoms with Crippen LogP contribution in [0.5, 0.6) is 0 Å². The molecule has 0 saturated carbocycles. The van der Waals surface area contributed by atoms with Crippen LogP contribution in [0.2, 0.25) is 0 Å². The van der Waals surface area contributed by atoms with E-state index < -0.39 is 11.6 Å². The average molecular weight is 304 g/mol. The van der Waals surface area contributed by atoms with Crippen molar-refractivity contribution in [3.05, 3.63) is 47.9 Å². The van der Waals surface area contributed by atoms with Crippen LogP contribution in [0.4, 0.5) is 20.3 Å². The molecule has 2 aromatic rings. The van der Waals surface area contributed by atoms with Gasteiger partial charge >= 0.3 is 0 Å². The summed E-state index contributed by atoms with van der Waals surface area (Å²) in [6, 6.07) is 4.94. The minimum atomic E-state index is -0.951. The fourth-order valence-corrected chi connectivity index (χ4v) is 2.35. The Morgan fingerprint density at radius 1 is 1.09 bits per heavy atom. The van der Waals surface area contributed by atoms with Gasteiger partial charge in [-0.3, -0.25) is 4.79 Å². The number of hydrogen-bond donors (Lipinski definition) is 1. The van der Waals surface area contributed by atoms with E-state index in [1.807, 2.05) is 0 Å². The van der Waals surface area contributed by atoms with Crippen molar-refractivity contribution in [3.63, 3.8) is 0 Å². The average Bonchev–Trinajstić information content (AvgIpc) is 3.05. The Bertz CT molecular complexity index is 702. The second-order valence-corrected chi connectivity index (χ2v) is 5.04. The Kier molecular flexibility index (Phi) is 3.95. The van der Waals surface area contributed by atoms with E-state index >= 15 is 0 Å². The van der Waals surface area contributed by atoms with Gasteiger partial charge in [0, 0.05) is 30.9 Å². The van der Waals surface area contributed by atoms with E-state index in [9.17, 15) is 13.6 Å². The molecule has 22 heavy (non-hydrogen) atoms. The third-order valence-electron chi connectivity index (χ3n) is 3.47. The molecule has 0 aliphatic carbocycles. The summed E-state index contributed by atoms with van der Waals surface area (Å²) in [6.07, 6.45) is 3.26. The molecule has 1 aliphatic rings. The van der Waals surface area contributed by atoms with Crippen LogP contribution >= 0.6 is 0 Å². The molecule has 1 aromatic heterocycles. The summed E-state index contributed by atoms with van der Waals surface area (Å²) >= 11 is 0. The Morgan fingerprint density at radius 3 is 2.59 bits per heavy atom. The van der Waals surface area contributed by atoms with Crippen molar-refractivity contribution in [3.8, 4) is 0 Å². The number of likely N-dealkylation sites (tertiary alicyclic amines) is 1. The summed E-state index contributed by atoms with van der Waals surface area (Å²) in [4.78, 5) is 22.0. The first-order chi connectivity index (χ1) is 10.6. The summed E-state index contributed by atoms with van der Waals surface area (Å²) in [5.74, 6) is -1.66. The largest absolute Gasteiger partial charge is 0.340 e. The first-order valence-electron chi connectivity index (χ1n) is 6.97. The molecule has 1 amide bonds. The zero-order valence-electron chi connectivity index (χ0n) is 11.7. The number of nitrogens with zero attached hydrogens (tertiary/aromatic N) is 3. The van der Waals surface area contributed by atoms with Crippen molar-refractivity contribution in [2.45, 2.75) is 12.8 Å². The lowest BCUT2D eigenvalue weighted by Gasteiger charge is -2.14. The standard InChI is InChI=1S/C15H14F2N4O/c16-11-4-3-10(7-12(11)17)20-14-8-13(18-9-19-14)15(22)21-5-1-2-6-21/h3-4,7-9H,1-2,5-6H2,(H,18,19,20). The molecule has 0 atom stereocenters. The van der Waals surface area contributed by atoms with Gasteiger partial charge in [-0.15, -0.1) is 0 Å². The number of rotatable bonds is 3. The van der Waals surface area contributed by atoms with Crippen LogP contribution in [0.1, 0.15) is 23.3 Å². The molecule has 1 aromatic carbocycles. The quantitative estimate of drug-likeness (QED) is 0.947. The smallest absolute Gasteiger partial charge is 0.272 e. The van der Waals surface area contributed by atoms with E-state index in [-0.39, 0.29) is 11.6 Å². The highest BCUT2D eigenvalue weighted by Crippen LogP contribution is 2.18. The first-order valence-corrected chi connectivity index (χ1v) is 6.97. The van der Waals surface area contributed by atoms with E-state index in [1.165, 1.54) is 18.5 Å². The number of carbonyl (C=O) groups is 1. The Hall–Kier alpha value is -2.57. The fraction of sp³-hybridized carbons (Fsp3) is 0.267. The summed E-state index contributed by atoms with van der Waals surface area (Å²) in [7, 11) is 0. The lowest BCUT2D eigenvalue weighted by Crippen LogP contribution is -2.28. The minimum absolute atomic E-state index is 0.145. The van der Waals surface area contributed by atoms with Gasteiger partial charge in [0.25, 0.3) is 5.91 Å². The molecule has 5 nitrogen and oxygen atoms in total. The second kappa shape index (κ2) is 6.05. The highest BCUT2D eigenvalue weighted by molar-refractivity contribution is 5.93. The third-order valence-corrected chi connectivity index (χ3v) is 3.47. The minimum Gasteiger partial charge on any atom is -0.340 e. The lowest BCUT2D eigenvalue weighted by molar-refractivity contribution is 0.0787. The number of anilines is 2. The maximum Gasteiger partial charge on any atom is 0.272 e. The molecule has 0 spiro atoms. The molecule has 1 fully saturated rings. The van der Waals surface area contributed by atoms with Crippen LogP contribution in [0.15, 0.2) is 30.6 Å². The van der Waals surface area contributed by atoms with E-state index in [2.05, 4.69) is 15.3 Å². The van der Waals surface area contributed by atoms with Crippen LogP contribution in [-0.2, 0) is 0 Å². The fourth-order valence-electron chi connectivity index (χ4n) is 2.35. The van der Waals surface area contributed by atoms with Crippen LogP contribution in [0.25, 0.3) is 0 Å². The van der Waals surface area contributed by atoms with Gasteiger partial charge in [0.15, 0.2) is 11.6 Å². The second-order valence-electron chi connectivity index (χ2n) is 5.04. The molecule has 7 heteroatoms. The van der Waals surface area contributed by atoms with Gasteiger partial charge in [0.05, 0.1) is 0 Å². The SMILES string of the molecule is O=C(c1cc(Nc2ccc(F)c(F)c2)ncn1)N1CCCC1. The van der Waals surface area contributed by atoms with E-state index in [0.29, 0.717) is 11.5 Å². The Balaban J connectivity index is 1.78. The van der Waals surface area contributed by atoms with Gasteiger partial charge in [-0.05, 0) is 25.0 Å². The van der Waals surface area contributed by atoms with E-state index in [4.69, 9.17) is 0 Å². The molecular weight excluding hydrogens is 290 g/mol. The summed E-state index contributed by atoms with van der Waals surface area (Å²) < 4.78 is 26.1. The van der Waals surface area contributed by atoms with Crippen molar-refractivity contribution in [2.24, 2.45) is 0 Å². The van der Waals surface area contributed by atoms with Gasteiger partial charge < -0.3 is 10.2 Å². The van der Waals surface area contributed by atoms with Gasteiger partial charge in [0.2, 0.25) is 0 Å². The number of carbonyl (C=O) groups excluding carboxylic acids is 1. The number of aromatic nitrogens is 2. The predicted molar refractivity (Wildman–Crippen MR) is 76.8 cm³/mol. The van der Waals surface area contributed by atoms with Gasteiger partial charge in [-0.25, -0.2) is 18.7 Å². The monoisotopic (exact) mass is 304 g/mol. The van der Waals surface area contributed by atoms with Crippen molar-refractivity contribution in [1.82, 2.24) is 14.9 Å². The first kappa shape index (κ1) is 14.4. The normalized spacial score (nSPS) is 14.2. The van der Waals surface area contributed by atoms with E-state index in [1.54, 1.807) is 4.90 Å². The molecule has 0 radical (unpaired) electrons. The molecule has 2 heterocycles. The highest BCUT2D eigenvalue weighted by Gasteiger charge is 2.20. The van der Waals surface area contributed by atoms with Gasteiger partial charge in [-0.2, -0.15) is 0 Å². The molecule has 0 bridgehead atoms. The summed E-state index contributed by atoms with van der Waals surface area (Å²) in [5.41, 5.74) is 0.624. The topological polar surface area (TPSA) is 58.1 Å². The zero-order valence-corrected chi connectivity index (χ0v) is 11.7. The predicted octanol–water partition coefficient (Wildman–Crippen LogP) is 2.73. The van der Waals surface area contributed by atoms with Gasteiger partial charge in [0.1, 0.15) is 17.8 Å². The summed E-state index contributed by atoms with van der Waals surface area (Å²) in [6.45, 7) is 1.46. The van der Waals surface area contributed by atoms with Crippen LogP contribution in [0.3, 0.4) is 0 Å². The van der Waals surface area contributed by atoms with Crippen LogP contribution < -0.4 is 5.32 Å². The highest BCUT2D eigenvalue weighted by atomic mass is 19.2. The lowest BCUT2D eigenvalue weighted by atomic mass is 10.3. The van der Waals surface area contributed by atoms with Crippen LogP contribution in [0, 0.1) is 11.6 Å². The van der Waals surface area contributed by atoms with E-state index in [0.717, 1.165) is 38.1 Å².